The number of nitrogens with one attached hydrogen (secondary N) is 2. The van der Waals surface area contributed by atoms with Gasteiger partial charge in [-0.3, -0.25) is 4.79 Å². The maximum absolute atomic E-state index is 13.8. The molecule has 0 bridgehead atoms. The molecule has 4 aliphatic carbocycles. The van der Waals surface area contributed by atoms with E-state index in [4.69, 9.17) is 0 Å². The maximum atomic E-state index is 13.8. The predicted octanol–water partition coefficient (Wildman–Crippen LogP) is 7.77. The molecule has 294 valence electrons. The van der Waals surface area contributed by atoms with Gasteiger partial charge in [0.1, 0.15) is 11.8 Å². The van der Waals surface area contributed by atoms with Crippen molar-refractivity contribution in [3.63, 3.8) is 0 Å². The SMILES string of the molecule is CCC(=O)N(C(Cc1ccc(O)cc1)C(=O)O)[C@H]1CC[C@]2(C)[C@H]3CC[C@]4(C)[C@@H](C(C)CCCC(C)C)CC[C@H]4[C@@H]3C[C@@H](NCCc3cnc[nH]3)[C@@]2(O)C1. The normalized spacial score (nSPS) is 34.9. The van der Waals surface area contributed by atoms with Gasteiger partial charge in [-0.15, -0.1) is 0 Å². The number of phenols is 1. The molecule has 5 N–H and O–H groups in total. The van der Waals surface area contributed by atoms with Crippen LogP contribution in [-0.4, -0.2) is 72.3 Å². The molecule has 0 saturated heterocycles. The molecule has 6 rings (SSSR count). The number of benzene rings is 1. The van der Waals surface area contributed by atoms with Gasteiger partial charge in [0.05, 0.1) is 11.9 Å². The number of H-pyrrole nitrogens is 1. The van der Waals surface area contributed by atoms with Crippen LogP contribution in [0.15, 0.2) is 36.8 Å². The number of aromatic hydroxyl groups is 1. The number of carbonyl (C=O) groups is 2. The number of imidazole rings is 1. The van der Waals surface area contributed by atoms with E-state index >= 15 is 0 Å². The van der Waals surface area contributed by atoms with Crippen molar-refractivity contribution < 1.29 is 24.9 Å². The summed E-state index contributed by atoms with van der Waals surface area (Å²) >= 11 is 0. The Morgan fingerprint density at radius 1 is 1.04 bits per heavy atom. The van der Waals surface area contributed by atoms with Gasteiger partial charge in [0, 0.05) is 55.2 Å². The van der Waals surface area contributed by atoms with E-state index in [2.05, 4.69) is 49.9 Å². The number of aromatic amines is 1. The van der Waals surface area contributed by atoms with Gasteiger partial charge in [-0.1, -0.05) is 72.9 Å². The monoisotopic (exact) mass is 733 g/mol. The van der Waals surface area contributed by atoms with Crippen LogP contribution < -0.4 is 5.32 Å². The molecule has 4 fully saturated rings. The van der Waals surface area contributed by atoms with Crippen LogP contribution in [0.5, 0.6) is 5.75 Å². The fourth-order valence-corrected chi connectivity index (χ4v) is 12.6. The highest BCUT2D eigenvalue weighted by molar-refractivity contribution is 5.84. The number of fused-ring (bicyclic) bond motifs is 5. The Bertz CT molecular complexity index is 1530. The fraction of sp³-hybridized carbons (Fsp3) is 0.750. The Balaban J connectivity index is 1.29. The molecule has 0 spiro atoms. The van der Waals surface area contributed by atoms with E-state index in [-0.39, 0.29) is 36.0 Å². The number of carboxylic acid groups (broad SMARTS) is 1. The molecule has 2 aromatic rings. The molecule has 1 amide bonds. The number of aromatic nitrogens is 2. The molecular formula is C44H68N4O5. The number of nitrogens with zero attached hydrogens (tertiary/aromatic N) is 2. The van der Waals surface area contributed by atoms with Crippen molar-refractivity contribution in [2.24, 2.45) is 46.3 Å². The van der Waals surface area contributed by atoms with Crippen LogP contribution in [-0.2, 0) is 22.4 Å². The summed E-state index contributed by atoms with van der Waals surface area (Å²) in [6, 6.07) is 4.92. The number of hydrogen-bond donors (Lipinski definition) is 5. The molecule has 1 aromatic carbocycles. The first kappa shape index (κ1) is 39.8. The lowest BCUT2D eigenvalue weighted by molar-refractivity contribution is -0.230. The minimum absolute atomic E-state index is 0.116. The third-order valence-electron chi connectivity index (χ3n) is 15.4. The summed E-state index contributed by atoms with van der Waals surface area (Å²) in [6.07, 6.45) is 16.2. The molecule has 4 aliphatic rings. The van der Waals surface area contributed by atoms with E-state index < -0.39 is 23.7 Å². The highest BCUT2D eigenvalue weighted by Crippen LogP contribution is 2.69. The van der Waals surface area contributed by atoms with Gasteiger partial charge in [-0.2, -0.15) is 0 Å². The van der Waals surface area contributed by atoms with Crippen LogP contribution in [0.3, 0.4) is 0 Å². The van der Waals surface area contributed by atoms with E-state index in [1.807, 2.05) is 6.20 Å². The van der Waals surface area contributed by atoms with Crippen LogP contribution in [0, 0.1) is 46.3 Å². The van der Waals surface area contributed by atoms with Crippen molar-refractivity contribution in [3.8, 4) is 5.75 Å². The van der Waals surface area contributed by atoms with E-state index in [1.165, 1.54) is 38.5 Å². The van der Waals surface area contributed by atoms with Crippen LogP contribution in [0.4, 0.5) is 0 Å². The minimum Gasteiger partial charge on any atom is -0.508 e. The van der Waals surface area contributed by atoms with E-state index in [9.17, 15) is 24.9 Å². The van der Waals surface area contributed by atoms with Gasteiger partial charge in [-0.25, -0.2) is 9.78 Å². The zero-order valence-electron chi connectivity index (χ0n) is 33.3. The molecular weight excluding hydrogens is 665 g/mol. The van der Waals surface area contributed by atoms with Gasteiger partial charge in [0.15, 0.2) is 0 Å². The minimum atomic E-state index is -1.12. The van der Waals surface area contributed by atoms with Crippen LogP contribution >= 0.6 is 0 Å². The Morgan fingerprint density at radius 2 is 1.79 bits per heavy atom. The number of carbonyl (C=O) groups excluding carboxylic acids is 1. The average Bonchev–Trinajstić information content (AvgIpc) is 3.77. The van der Waals surface area contributed by atoms with E-state index in [0.29, 0.717) is 42.6 Å². The van der Waals surface area contributed by atoms with Gasteiger partial charge >= 0.3 is 5.97 Å². The Kier molecular flexibility index (Phi) is 12.0. The van der Waals surface area contributed by atoms with Crippen molar-refractivity contribution >= 4 is 11.9 Å². The second-order valence-electron chi connectivity index (χ2n) is 18.6. The number of aliphatic carboxylic acids is 1. The summed E-state index contributed by atoms with van der Waals surface area (Å²) in [5.74, 6) is 2.63. The van der Waals surface area contributed by atoms with Crippen molar-refractivity contribution in [3.05, 3.63) is 48.0 Å². The smallest absolute Gasteiger partial charge is 0.326 e. The van der Waals surface area contributed by atoms with Crippen molar-refractivity contribution in [1.82, 2.24) is 20.2 Å². The van der Waals surface area contributed by atoms with Crippen LogP contribution in [0.25, 0.3) is 0 Å². The van der Waals surface area contributed by atoms with Crippen LogP contribution in [0.1, 0.15) is 130 Å². The van der Waals surface area contributed by atoms with Gasteiger partial charge in [-0.05, 0) is 110 Å². The topological polar surface area (TPSA) is 139 Å². The van der Waals surface area contributed by atoms with Gasteiger partial charge in [0.2, 0.25) is 5.91 Å². The molecule has 1 aromatic heterocycles. The highest BCUT2D eigenvalue weighted by Gasteiger charge is 2.68. The Hall–Kier alpha value is -2.91. The quantitative estimate of drug-likeness (QED) is 0.126. The average molecular weight is 733 g/mol. The molecule has 2 unspecified atom stereocenters. The number of phenolic OH excluding ortho intramolecular Hbond substituents is 1. The Labute approximate surface area is 318 Å². The summed E-state index contributed by atoms with van der Waals surface area (Å²) in [5, 5.41) is 37.8. The molecule has 9 nitrogen and oxygen atoms in total. The first-order valence-corrected chi connectivity index (χ1v) is 21.0. The summed E-state index contributed by atoms with van der Waals surface area (Å²) in [6.45, 7) is 14.6. The summed E-state index contributed by atoms with van der Waals surface area (Å²) in [4.78, 5) is 35.8. The third kappa shape index (κ3) is 7.68. The number of carboxylic acids is 1. The molecule has 0 aliphatic heterocycles. The van der Waals surface area contributed by atoms with Gasteiger partial charge in [0.25, 0.3) is 0 Å². The van der Waals surface area contributed by atoms with Gasteiger partial charge < -0.3 is 30.5 Å². The second-order valence-corrected chi connectivity index (χ2v) is 18.6. The first-order valence-electron chi connectivity index (χ1n) is 21.0. The predicted molar refractivity (Wildman–Crippen MR) is 208 cm³/mol. The maximum Gasteiger partial charge on any atom is 0.326 e. The third-order valence-corrected chi connectivity index (χ3v) is 15.4. The summed E-state index contributed by atoms with van der Waals surface area (Å²) < 4.78 is 0. The number of rotatable bonds is 15. The molecule has 53 heavy (non-hydrogen) atoms. The first-order chi connectivity index (χ1) is 25.2. The standard InChI is InChI=1S/C44H68N4O5/c1-7-40(50)48(38(41(51)52)23-30-11-13-33(49)14-12-30)32-17-21-43(6)37-18-20-42(5)35(29(4)10-8-9-28(2)3)15-16-36(42)34(37)24-39(44(43,53)25-32)46-22-19-31-26-45-27-47-31/h11-14,26-29,32,34-39,46,49,53H,7-10,15-25H2,1-6H3,(H,45,47)(H,51,52)/t29?,32-,34-,35+,36-,37-,38?,39+,42+,43+,44-/m0/s1. The van der Waals surface area contributed by atoms with Crippen molar-refractivity contribution in [2.45, 2.75) is 155 Å². The zero-order chi connectivity index (χ0) is 38.1. The molecule has 0 radical (unpaired) electrons. The van der Waals surface area contributed by atoms with Crippen LogP contribution in [0.2, 0.25) is 0 Å². The zero-order valence-corrected chi connectivity index (χ0v) is 33.3. The van der Waals surface area contributed by atoms with E-state index in [0.717, 1.165) is 54.7 Å². The highest BCUT2D eigenvalue weighted by atomic mass is 16.4. The Morgan fingerprint density at radius 3 is 2.45 bits per heavy atom. The number of hydrogen-bond acceptors (Lipinski definition) is 6. The lowest BCUT2D eigenvalue weighted by Gasteiger charge is -2.67. The fourth-order valence-electron chi connectivity index (χ4n) is 12.6. The molecule has 4 saturated carbocycles. The number of amides is 1. The summed E-state index contributed by atoms with van der Waals surface area (Å²) in [7, 11) is 0. The molecule has 1 heterocycles. The molecule has 9 heteroatoms. The lowest BCUT2D eigenvalue weighted by Crippen LogP contribution is -2.73. The van der Waals surface area contributed by atoms with Crippen molar-refractivity contribution in [2.75, 3.05) is 6.54 Å². The summed E-state index contributed by atoms with van der Waals surface area (Å²) in [5.41, 5.74) is 0.633. The lowest BCUT2D eigenvalue weighted by atomic mass is 9.41. The van der Waals surface area contributed by atoms with Crippen molar-refractivity contribution in [1.29, 1.82) is 0 Å². The number of aliphatic hydroxyl groups is 1. The molecule has 11 atom stereocenters. The second kappa shape index (κ2) is 16.1. The van der Waals surface area contributed by atoms with E-state index in [1.54, 1.807) is 42.4 Å². The largest absolute Gasteiger partial charge is 0.508 e.